The van der Waals surface area contributed by atoms with Gasteiger partial charge in [0.25, 0.3) is 0 Å². The number of aliphatic hydroxyl groups is 1. The molecule has 122 valence electrons. The number of rotatable bonds is 9. The first-order chi connectivity index (χ1) is 10.6. The number of hydrogen-bond donors (Lipinski definition) is 2. The van der Waals surface area contributed by atoms with Gasteiger partial charge < -0.3 is 19.9 Å². The van der Waals surface area contributed by atoms with Crippen molar-refractivity contribution in [1.82, 2.24) is 5.32 Å². The molecular formula is C16H23NO5. The van der Waals surface area contributed by atoms with Crippen LogP contribution in [0.1, 0.15) is 25.3 Å². The van der Waals surface area contributed by atoms with Crippen molar-refractivity contribution >= 4 is 11.9 Å². The summed E-state index contributed by atoms with van der Waals surface area (Å²) in [7, 11) is 1.55. The molecule has 0 aliphatic carbocycles. The molecular weight excluding hydrogens is 286 g/mol. The lowest BCUT2D eigenvalue weighted by Crippen LogP contribution is -2.43. The van der Waals surface area contributed by atoms with E-state index in [2.05, 4.69) is 5.32 Å². The maximum Gasteiger partial charge on any atom is 0.328 e. The van der Waals surface area contributed by atoms with Crippen LogP contribution in [0.3, 0.4) is 0 Å². The molecule has 0 fully saturated rings. The van der Waals surface area contributed by atoms with Gasteiger partial charge in [0, 0.05) is 19.4 Å². The van der Waals surface area contributed by atoms with E-state index in [1.807, 2.05) is 18.2 Å². The van der Waals surface area contributed by atoms with E-state index in [1.165, 1.54) is 0 Å². The van der Waals surface area contributed by atoms with Crippen LogP contribution in [0.4, 0.5) is 0 Å². The lowest BCUT2D eigenvalue weighted by molar-refractivity contribution is -0.147. The van der Waals surface area contributed by atoms with Crippen LogP contribution in [0, 0.1) is 0 Å². The molecule has 1 atom stereocenters. The van der Waals surface area contributed by atoms with Gasteiger partial charge in [-0.15, -0.1) is 0 Å². The molecule has 0 bridgehead atoms. The molecule has 1 rings (SSSR count). The van der Waals surface area contributed by atoms with Gasteiger partial charge in [0.05, 0.1) is 13.7 Å². The monoisotopic (exact) mass is 309 g/mol. The van der Waals surface area contributed by atoms with Crippen LogP contribution in [-0.2, 0) is 20.7 Å². The molecule has 2 N–H and O–H groups in total. The summed E-state index contributed by atoms with van der Waals surface area (Å²) < 4.78 is 10.3. The molecule has 0 radical (unpaired) electrons. The van der Waals surface area contributed by atoms with Gasteiger partial charge in [-0.05, 0) is 25.0 Å². The smallest absolute Gasteiger partial charge is 0.328 e. The zero-order valence-electron chi connectivity index (χ0n) is 13.0. The number of carbonyl (C=O) groups excluding carboxylic acids is 2. The van der Waals surface area contributed by atoms with Crippen molar-refractivity contribution in [2.24, 2.45) is 0 Å². The Kier molecular flexibility index (Phi) is 7.99. The van der Waals surface area contributed by atoms with Crippen molar-refractivity contribution in [2.75, 3.05) is 20.3 Å². The first kappa shape index (κ1) is 18.0. The molecule has 6 nitrogen and oxygen atoms in total. The molecule has 0 saturated heterocycles. The summed E-state index contributed by atoms with van der Waals surface area (Å²) in [4.78, 5) is 23.8. The highest BCUT2D eigenvalue weighted by Gasteiger charge is 2.23. The van der Waals surface area contributed by atoms with Gasteiger partial charge >= 0.3 is 5.97 Å². The lowest BCUT2D eigenvalue weighted by atomic mass is 10.0. The molecule has 6 heteroatoms. The van der Waals surface area contributed by atoms with E-state index in [1.54, 1.807) is 20.1 Å². The fraction of sp³-hybridized carbons (Fsp3) is 0.500. The molecule has 0 spiro atoms. The molecule has 0 unspecified atom stereocenters. The molecule has 0 heterocycles. The number of nitrogens with one attached hydrogen (secondary N) is 1. The zero-order chi connectivity index (χ0) is 16.4. The topological polar surface area (TPSA) is 84.9 Å². The van der Waals surface area contributed by atoms with Crippen molar-refractivity contribution in [1.29, 1.82) is 0 Å². The Morgan fingerprint density at radius 1 is 1.32 bits per heavy atom. The maximum absolute atomic E-state index is 12.0. The van der Waals surface area contributed by atoms with Crippen LogP contribution in [0.5, 0.6) is 5.75 Å². The number of amides is 1. The van der Waals surface area contributed by atoms with Gasteiger partial charge in [-0.3, -0.25) is 4.79 Å². The van der Waals surface area contributed by atoms with E-state index in [-0.39, 0.29) is 32.0 Å². The summed E-state index contributed by atoms with van der Waals surface area (Å²) >= 11 is 0. The Balaban J connectivity index is 2.81. The van der Waals surface area contributed by atoms with Crippen molar-refractivity contribution in [3.05, 3.63) is 29.8 Å². The van der Waals surface area contributed by atoms with E-state index in [0.29, 0.717) is 12.2 Å². The van der Waals surface area contributed by atoms with Gasteiger partial charge in [0.15, 0.2) is 0 Å². The minimum Gasteiger partial charge on any atom is -0.496 e. The van der Waals surface area contributed by atoms with E-state index >= 15 is 0 Å². The number of benzene rings is 1. The third-order valence-corrected chi connectivity index (χ3v) is 3.08. The molecule has 22 heavy (non-hydrogen) atoms. The summed E-state index contributed by atoms with van der Waals surface area (Å²) in [5.41, 5.74) is 0.811. The second-order valence-electron chi connectivity index (χ2n) is 4.72. The zero-order valence-corrected chi connectivity index (χ0v) is 13.0. The largest absolute Gasteiger partial charge is 0.496 e. The van der Waals surface area contributed by atoms with Gasteiger partial charge in [-0.2, -0.15) is 0 Å². The van der Waals surface area contributed by atoms with Crippen molar-refractivity contribution in [2.45, 2.75) is 32.2 Å². The summed E-state index contributed by atoms with van der Waals surface area (Å²) in [5.74, 6) is -0.117. The molecule has 0 saturated carbocycles. The lowest BCUT2D eigenvalue weighted by Gasteiger charge is -2.18. The quantitative estimate of drug-likeness (QED) is 0.666. The second kappa shape index (κ2) is 9.78. The number of esters is 1. The van der Waals surface area contributed by atoms with Crippen LogP contribution in [0.15, 0.2) is 24.3 Å². The summed E-state index contributed by atoms with van der Waals surface area (Å²) in [5, 5.41) is 11.4. The van der Waals surface area contributed by atoms with Gasteiger partial charge in [0.1, 0.15) is 11.8 Å². The number of ether oxygens (including phenoxy) is 2. The van der Waals surface area contributed by atoms with Gasteiger partial charge in [-0.25, -0.2) is 4.79 Å². The minimum atomic E-state index is -0.776. The predicted molar refractivity (Wildman–Crippen MR) is 81.6 cm³/mol. The standard InChI is InChI=1S/C16H23NO5/c1-3-22-16(20)13(17-15(19)9-6-10-18)11-12-7-4-5-8-14(12)21-2/h4-5,7-8,13,18H,3,6,9-11H2,1-2H3,(H,17,19)/t13-/m0/s1. The van der Waals surface area contributed by atoms with Gasteiger partial charge in [-0.1, -0.05) is 18.2 Å². The molecule has 1 aromatic carbocycles. The molecule has 1 aromatic rings. The second-order valence-corrected chi connectivity index (χ2v) is 4.72. The predicted octanol–water partition coefficient (Wildman–Crippen LogP) is 1.06. The SMILES string of the molecule is CCOC(=O)[C@H](Cc1ccccc1OC)NC(=O)CCCO. The van der Waals surface area contributed by atoms with Crippen LogP contribution < -0.4 is 10.1 Å². The molecule has 0 aliphatic rings. The molecule has 0 aliphatic heterocycles. The van der Waals surface area contributed by atoms with Crippen molar-refractivity contribution < 1.29 is 24.2 Å². The van der Waals surface area contributed by atoms with Crippen LogP contribution in [0.25, 0.3) is 0 Å². The highest BCUT2D eigenvalue weighted by molar-refractivity contribution is 5.84. The molecule has 1 amide bonds. The van der Waals surface area contributed by atoms with E-state index in [4.69, 9.17) is 14.6 Å². The Hall–Kier alpha value is -2.08. The van der Waals surface area contributed by atoms with Crippen LogP contribution in [0.2, 0.25) is 0 Å². The first-order valence-electron chi connectivity index (χ1n) is 7.31. The first-order valence-corrected chi connectivity index (χ1v) is 7.31. The summed E-state index contributed by atoms with van der Waals surface area (Å²) in [6, 6.07) is 6.54. The highest BCUT2D eigenvalue weighted by atomic mass is 16.5. The Morgan fingerprint density at radius 2 is 2.05 bits per heavy atom. The van der Waals surface area contributed by atoms with Crippen molar-refractivity contribution in [3.63, 3.8) is 0 Å². The van der Waals surface area contributed by atoms with Gasteiger partial charge in [0.2, 0.25) is 5.91 Å². The maximum atomic E-state index is 12.0. The van der Waals surface area contributed by atoms with Crippen LogP contribution in [-0.4, -0.2) is 43.3 Å². The summed E-state index contributed by atoms with van der Waals surface area (Å²) in [6.45, 7) is 1.89. The Bertz CT molecular complexity index is 489. The van der Waals surface area contributed by atoms with E-state index < -0.39 is 12.0 Å². The number of methoxy groups -OCH3 is 1. The Morgan fingerprint density at radius 3 is 2.68 bits per heavy atom. The average molecular weight is 309 g/mol. The number of hydrogen-bond acceptors (Lipinski definition) is 5. The summed E-state index contributed by atoms with van der Waals surface area (Å²) in [6.07, 6.45) is 0.808. The average Bonchev–Trinajstić information content (AvgIpc) is 2.53. The Labute approximate surface area is 130 Å². The van der Waals surface area contributed by atoms with Crippen LogP contribution >= 0.6 is 0 Å². The molecule has 0 aromatic heterocycles. The van der Waals surface area contributed by atoms with E-state index in [0.717, 1.165) is 5.56 Å². The third kappa shape index (κ3) is 5.73. The highest BCUT2D eigenvalue weighted by Crippen LogP contribution is 2.19. The fourth-order valence-electron chi connectivity index (χ4n) is 2.03. The number of carbonyl (C=O) groups is 2. The number of para-hydroxylation sites is 1. The van der Waals surface area contributed by atoms with Crippen molar-refractivity contribution in [3.8, 4) is 5.75 Å². The van der Waals surface area contributed by atoms with E-state index in [9.17, 15) is 9.59 Å². The normalized spacial score (nSPS) is 11.6. The third-order valence-electron chi connectivity index (χ3n) is 3.08. The number of aliphatic hydroxyl groups excluding tert-OH is 1. The fourth-order valence-corrected chi connectivity index (χ4v) is 2.03. The minimum absolute atomic E-state index is 0.0655.